The van der Waals surface area contributed by atoms with E-state index in [1.165, 1.54) is 6.92 Å². The Balaban J connectivity index is 2.68. The second-order valence-corrected chi connectivity index (χ2v) is 3.11. The van der Waals surface area contributed by atoms with Crippen molar-refractivity contribution in [3.05, 3.63) is 0 Å². The van der Waals surface area contributed by atoms with E-state index in [1.807, 2.05) is 0 Å². The van der Waals surface area contributed by atoms with Crippen LogP contribution in [-0.4, -0.2) is 51.7 Å². The summed E-state index contributed by atoms with van der Waals surface area (Å²) in [6, 6.07) is -1.03. The average Bonchev–Trinajstić information content (AvgIpc) is 2.31. The van der Waals surface area contributed by atoms with Crippen molar-refractivity contribution in [2.75, 3.05) is 0 Å². The van der Waals surface area contributed by atoms with Crippen LogP contribution in [0.5, 0.6) is 0 Å². The summed E-state index contributed by atoms with van der Waals surface area (Å²) < 4.78 is 4.72. The summed E-state index contributed by atoms with van der Waals surface area (Å²) in [4.78, 5) is 10.8. The lowest BCUT2D eigenvalue weighted by Gasteiger charge is -2.18. The van der Waals surface area contributed by atoms with Crippen LogP contribution in [0, 0.1) is 0 Å². The van der Waals surface area contributed by atoms with Crippen molar-refractivity contribution in [2.24, 2.45) is 5.73 Å². The molecule has 76 valence electrons. The molecule has 0 spiro atoms. The number of hydrogen-bond donors (Lipinski definition) is 4. The molecule has 5 atom stereocenters. The topological polar surface area (TPSA) is 113 Å². The molecule has 0 aromatic heterocycles. The number of carbonyl (C=O) groups is 1. The summed E-state index contributed by atoms with van der Waals surface area (Å²) in [5.74, 6) is -0.370. The SMILES string of the molecule is CC(=O)C(N)C1OC(O)C(O)C1O. The van der Waals surface area contributed by atoms with Crippen LogP contribution in [0.2, 0.25) is 0 Å². The number of aliphatic hydroxyl groups is 3. The number of hydrogen-bond acceptors (Lipinski definition) is 6. The van der Waals surface area contributed by atoms with Gasteiger partial charge in [0.1, 0.15) is 24.1 Å². The fourth-order valence-corrected chi connectivity index (χ4v) is 1.21. The maximum Gasteiger partial charge on any atom is 0.184 e. The van der Waals surface area contributed by atoms with Gasteiger partial charge in [0, 0.05) is 0 Å². The number of Topliss-reactive ketones (excluding diaryl/α,β-unsaturated/α-hetero) is 1. The molecular formula is C7H13NO5. The maximum atomic E-state index is 10.8. The predicted molar refractivity (Wildman–Crippen MR) is 41.5 cm³/mol. The van der Waals surface area contributed by atoms with Gasteiger partial charge in [-0.05, 0) is 6.92 Å². The summed E-state index contributed by atoms with van der Waals surface area (Å²) in [5, 5.41) is 27.3. The van der Waals surface area contributed by atoms with Crippen LogP contribution in [0.1, 0.15) is 6.92 Å². The lowest BCUT2D eigenvalue weighted by Crippen LogP contribution is -2.47. The summed E-state index contributed by atoms with van der Waals surface area (Å²) in [6.45, 7) is 1.25. The Morgan fingerprint density at radius 1 is 1.38 bits per heavy atom. The standard InChI is InChI=1S/C7H13NO5/c1-2(9)3(8)6-4(10)5(11)7(12)13-6/h3-7,10-12H,8H2,1H3. The highest BCUT2D eigenvalue weighted by molar-refractivity contribution is 5.82. The number of carbonyl (C=O) groups excluding carboxylic acids is 1. The molecule has 1 rings (SSSR count). The third-order valence-electron chi connectivity index (χ3n) is 2.10. The van der Waals surface area contributed by atoms with Crippen LogP contribution in [0.25, 0.3) is 0 Å². The molecule has 1 heterocycles. The van der Waals surface area contributed by atoms with E-state index in [0.717, 1.165) is 0 Å². The van der Waals surface area contributed by atoms with E-state index < -0.39 is 30.6 Å². The second kappa shape index (κ2) is 3.69. The van der Waals surface area contributed by atoms with Gasteiger partial charge < -0.3 is 25.8 Å². The zero-order chi connectivity index (χ0) is 10.2. The zero-order valence-corrected chi connectivity index (χ0v) is 7.12. The van der Waals surface area contributed by atoms with Crippen molar-refractivity contribution >= 4 is 5.78 Å². The molecule has 6 nitrogen and oxygen atoms in total. The molecule has 1 aliphatic heterocycles. The normalized spacial score (nSPS) is 41.9. The Hall–Kier alpha value is -0.530. The highest BCUT2D eigenvalue weighted by Crippen LogP contribution is 2.21. The highest BCUT2D eigenvalue weighted by Gasteiger charge is 2.45. The van der Waals surface area contributed by atoms with Crippen molar-refractivity contribution in [2.45, 2.75) is 37.6 Å². The van der Waals surface area contributed by atoms with Gasteiger partial charge in [-0.1, -0.05) is 0 Å². The van der Waals surface area contributed by atoms with E-state index in [-0.39, 0.29) is 5.78 Å². The molecule has 0 aromatic carbocycles. The first-order valence-corrected chi connectivity index (χ1v) is 3.91. The molecule has 0 saturated carbocycles. The van der Waals surface area contributed by atoms with Gasteiger partial charge in [-0.2, -0.15) is 0 Å². The third kappa shape index (κ3) is 1.87. The van der Waals surface area contributed by atoms with Crippen LogP contribution in [0.4, 0.5) is 0 Å². The van der Waals surface area contributed by atoms with Crippen molar-refractivity contribution in [3.63, 3.8) is 0 Å². The van der Waals surface area contributed by atoms with Gasteiger partial charge in [-0.25, -0.2) is 0 Å². The van der Waals surface area contributed by atoms with Gasteiger partial charge in [0.05, 0.1) is 6.04 Å². The first-order chi connectivity index (χ1) is 5.95. The molecular weight excluding hydrogens is 178 g/mol. The van der Waals surface area contributed by atoms with Crippen molar-refractivity contribution < 1.29 is 24.9 Å². The molecule has 5 unspecified atom stereocenters. The van der Waals surface area contributed by atoms with Crippen LogP contribution >= 0.6 is 0 Å². The van der Waals surface area contributed by atoms with Crippen LogP contribution in [-0.2, 0) is 9.53 Å². The number of ketones is 1. The third-order valence-corrected chi connectivity index (χ3v) is 2.10. The number of ether oxygens (including phenoxy) is 1. The summed E-state index contributed by atoms with van der Waals surface area (Å²) in [6.07, 6.45) is -5.25. The maximum absolute atomic E-state index is 10.8. The number of rotatable bonds is 2. The van der Waals surface area contributed by atoms with Gasteiger partial charge in [0.2, 0.25) is 0 Å². The summed E-state index contributed by atoms with van der Waals surface area (Å²) >= 11 is 0. The summed E-state index contributed by atoms with van der Waals surface area (Å²) in [5.41, 5.74) is 5.38. The zero-order valence-electron chi connectivity index (χ0n) is 7.12. The molecule has 6 heteroatoms. The first-order valence-electron chi connectivity index (χ1n) is 3.91. The monoisotopic (exact) mass is 191 g/mol. The summed E-state index contributed by atoms with van der Waals surface area (Å²) in [7, 11) is 0. The molecule has 13 heavy (non-hydrogen) atoms. The lowest BCUT2D eigenvalue weighted by atomic mass is 10.0. The fraction of sp³-hybridized carbons (Fsp3) is 0.857. The average molecular weight is 191 g/mol. The quantitative estimate of drug-likeness (QED) is 0.379. The van der Waals surface area contributed by atoms with Gasteiger partial charge >= 0.3 is 0 Å². The van der Waals surface area contributed by atoms with Gasteiger partial charge in [0.25, 0.3) is 0 Å². The molecule has 0 radical (unpaired) electrons. The van der Waals surface area contributed by atoms with E-state index in [9.17, 15) is 9.90 Å². The van der Waals surface area contributed by atoms with Crippen LogP contribution in [0.3, 0.4) is 0 Å². The van der Waals surface area contributed by atoms with E-state index in [2.05, 4.69) is 0 Å². The van der Waals surface area contributed by atoms with Gasteiger partial charge in [0.15, 0.2) is 6.29 Å². The molecule has 1 aliphatic rings. The minimum absolute atomic E-state index is 0.370. The Labute approximate surface area is 74.9 Å². The van der Waals surface area contributed by atoms with Gasteiger partial charge in [-0.3, -0.25) is 4.79 Å². The largest absolute Gasteiger partial charge is 0.387 e. The van der Waals surface area contributed by atoms with E-state index in [0.29, 0.717) is 0 Å². The molecule has 0 aliphatic carbocycles. The predicted octanol–water partition coefficient (Wildman–Crippen LogP) is -2.66. The molecule has 1 saturated heterocycles. The van der Waals surface area contributed by atoms with E-state index in [1.54, 1.807) is 0 Å². The second-order valence-electron chi connectivity index (χ2n) is 3.11. The Bertz CT molecular complexity index is 209. The van der Waals surface area contributed by atoms with Crippen molar-refractivity contribution in [1.29, 1.82) is 0 Å². The first kappa shape index (κ1) is 10.6. The Morgan fingerprint density at radius 2 is 1.92 bits per heavy atom. The molecule has 0 aromatic rings. The smallest absolute Gasteiger partial charge is 0.184 e. The van der Waals surface area contributed by atoms with E-state index >= 15 is 0 Å². The van der Waals surface area contributed by atoms with Crippen molar-refractivity contribution in [1.82, 2.24) is 0 Å². The molecule has 1 fully saturated rings. The number of aliphatic hydroxyl groups excluding tert-OH is 3. The lowest BCUT2D eigenvalue weighted by molar-refractivity contribution is -0.138. The van der Waals surface area contributed by atoms with E-state index in [4.69, 9.17) is 20.7 Å². The minimum Gasteiger partial charge on any atom is -0.387 e. The van der Waals surface area contributed by atoms with Crippen LogP contribution in [0.15, 0.2) is 0 Å². The fourth-order valence-electron chi connectivity index (χ4n) is 1.21. The molecule has 0 amide bonds. The Kier molecular flexibility index (Phi) is 2.99. The minimum atomic E-state index is -1.48. The molecule has 0 bridgehead atoms. The highest BCUT2D eigenvalue weighted by atomic mass is 16.6. The Morgan fingerprint density at radius 3 is 2.23 bits per heavy atom. The number of nitrogens with two attached hydrogens (primary N) is 1. The van der Waals surface area contributed by atoms with Crippen LogP contribution < -0.4 is 5.73 Å². The van der Waals surface area contributed by atoms with Gasteiger partial charge in [-0.15, -0.1) is 0 Å². The molecule has 5 N–H and O–H groups in total. The van der Waals surface area contributed by atoms with Crippen molar-refractivity contribution in [3.8, 4) is 0 Å².